The molecule has 1 saturated carbocycles. The third-order valence-electron chi connectivity index (χ3n) is 8.18. The molecule has 0 spiro atoms. The Hall–Kier alpha value is -3.67. The van der Waals surface area contributed by atoms with Gasteiger partial charge >= 0.3 is 12.5 Å². The average molecular weight is 647 g/mol. The minimum absolute atomic E-state index is 0.0880. The number of rotatable bonds is 7. The Bertz CT molecular complexity index is 1350. The highest BCUT2D eigenvalue weighted by Crippen LogP contribution is 2.36. The summed E-state index contributed by atoms with van der Waals surface area (Å²) in [6, 6.07) is 7.73. The molecule has 4 rings (SSSR count). The number of nitrogens with one attached hydrogen (secondary N) is 1. The van der Waals surface area contributed by atoms with E-state index in [0.717, 1.165) is 42.6 Å². The average Bonchev–Trinajstić information content (AvgIpc) is 3.38. The molecule has 2 heterocycles. The molecule has 2 aliphatic rings. The lowest BCUT2D eigenvalue weighted by atomic mass is 9.87. The van der Waals surface area contributed by atoms with Crippen molar-refractivity contribution in [2.24, 2.45) is 0 Å². The van der Waals surface area contributed by atoms with Crippen LogP contribution < -0.4 is 10.2 Å². The Morgan fingerprint density at radius 3 is 2.17 bits per heavy atom. The normalized spacial score (nSPS) is 20.2. The second-order valence-corrected chi connectivity index (χ2v) is 14.1. The molecule has 46 heavy (non-hydrogen) atoms. The first-order valence-electron chi connectivity index (χ1n) is 15.8. The van der Waals surface area contributed by atoms with Gasteiger partial charge in [0.15, 0.2) is 0 Å². The maximum Gasteiger partial charge on any atom is 0.522 e. The summed E-state index contributed by atoms with van der Waals surface area (Å²) >= 11 is 0. The fraction of sp³-hybridized carbons (Fsp3) is 0.588. The number of halogens is 3. The number of likely N-dealkylation sites (tertiary alicyclic amines) is 1. The maximum absolute atomic E-state index is 14.8. The first kappa shape index (κ1) is 35.2. The molecule has 1 saturated heterocycles. The van der Waals surface area contributed by atoms with Gasteiger partial charge < -0.3 is 10.1 Å². The van der Waals surface area contributed by atoms with Gasteiger partial charge in [-0.25, -0.2) is 4.79 Å². The lowest BCUT2D eigenvalue weighted by Crippen LogP contribution is -2.53. The van der Waals surface area contributed by atoms with Gasteiger partial charge in [-0.2, -0.15) is 0 Å². The summed E-state index contributed by atoms with van der Waals surface area (Å²) in [6.45, 7) is 10.5. The lowest BCUT2D eigenvalue weighted by molar-refractivity contribution is -0.340. The third kappa shape index (κ3) is 9.20. The van der Waals surface area contributed by atoms with Crippen LogP contribution in [0.5, 0.6) is 0 Å². The number of benzene rings is 1. The first-order chi connectivity index (χ1) is 21.4. The standard InChI is InChI=1S/C34H45F3N4O5/c1-32(2,3)23-14-16-25(17-15-23)41(28(22-11-10-18-38-20-22)29(42)39-24-12-8-7-9-13-24)30(43)27-19-26(45-34(35,36)37)21-40(27)31(44)46-33(4,5)6/h10-11,14-18,20,24,26-28H,7-9,12-13,19,21H2,1-6H3,(H,39,42)/t26-,27-,28?/m1/s1. The Balaban J connectivity index is 1.82. The zero-order valence-corrected chi connectivity index (χ0v) is 27.4. The summed E-state index contributed by atoms with van der Waals surface area (Å²) in [4.78, 5) is 48.8. The molecule has 0 bridgehead atoms. The Kier molecular flexibility index (Phi) is 10.7. The van der Waals surface area contributed by atoms with Gasteiger partial charge in [-0.3, -0.25) is 29.1 Å². The Labute approximate surface area is 268 Å². The first-order valence-corrected chi connectivity index (χ1v) is 15.8. The van der Waals surface area contributed by atoms with Gasteiger partial charge in [-0.15, -0.1) is 13.2 Å². The zero-order chi connectivity index (χ0) is 33.9. The van der Waals surface area contributed by atoms with Crippen molar-refractivity contribution in [3.63, 3.8) is 0 Å². The topological polar surface area (TPSA) is 101 Å². The van der Waals surface area contributed by atoms with Crippen LogP contribution in [0, 0.1) is 0 Å². The van der Waals surface area contributed by atoms with E-state index < -0.39 is 61.0 Å². The number of aromatic nitrogens is 1. The predicted molar refractivity (Wildman–Crippen MR) is 167 cm³/mol. The van der Waals surface area contributed by atoms with Gasteiger partial charge in [0, 0.05) is 36.1 Å². The van der Waals surface area contributed by atoms with Crippen LogP contribution in [-0.2, 0) is 24.5 Å². The van der Waals surface area contributed by atoms with Crippen LogP contribution in [0.3, 0.4) is 0 Å². The Morgan fingerprint density at radius 1 is 0.978 bits per heavy atom. The summed E-state index contributed by atoms with van der Waals surface area (Å²) in [7, 11) is 0. The maximum atomic E-state index is 14.8. The fourth-order valence-electron chi connectivity index (χ4n) is 6.00. The minimum Gasteiger partial charge on any atom is -0.444 e. The highest BCUT2D eigenvalue weighted by molar-refractivity contribution is 6.05. The largest absolute Gasteiger partial charge is 0.522 e. The molecule has 2 fully saturated rings. The van der Waals surface area contributed by atoms with E-state index in [9.17, 15) is 27.6 Å². The van der Waals surface area contributed by atoms with E-state index in [4.69, 9.17) is 4.74 Å². The molecule has 3 amide bonds. The molecule has 1 aliphatic carbocycles. The molecule has 1 aromatic heterocycles. The molecule has 0 radical (unpaired) electrons. The highest BCUT2D eigenvalue weighted by Gasteiger charge is 2.49. The summed E-state index contributed by atoms with van der Waals surface area (Å²) in [5.74, 6) is -1.19. The molecule has 2 aromatic rings. The molecule has 252 valence electrons. The van der Waals surface area contributed by atoms with E-state index >= 15 is 0 Å². The second-order valence-electron chi connectivity index (χ2n) is 14.1. The van der Waals surface area contributed by atoms with E-state index in [1.165, 1.54) is 11.1 Å². The van der Waals surface area contributed by atoms with E-state index in [-0.39, 0.29) is 11.5 Å². The molecule has 1 aromatic carbocycles. The minimum atomic E-state index is -4.98. The smallest absolute Gasteiger partial charge is 0.444 e. The molecule has 1 aliphatic heterocycles. The van der Waals surface area contributed by atoms with E-state index in [1.54, 1.807) is 51.2 Å². The van der Waals surface area contributed by atoms with Gasteiger partial charge in [0.25, 0.3) is 5.91 Å². The van der Waals surface area contributed by atoms with Gasteiger partial charge in [0.1, 0.15) is 17.7 Å². The molecule has 9 nitrogen and oxygen atoms in total. The summed E-state index contributed by atoms with van der Waals surface area (Å²) in [5.41, 5.74) is 0.538. The van der Waals surface area contributed by atoms with Crippen molar-refractivity contribution in [2.45, 2.75) is 122 Å². The number of hydrogen-bond acceptors (Lipinski definition) is 6. The number of amides is 3. The van der Waals surface area contributed by atoms with Gasteiger partial charge in [0.2, 0.25) is 5.91 Å². The van der Waals surface area contributed by atoms with Crippen LogP contribution >= 0.6 is 0 Å². The van der Waals surface area contributed by atoms with Gasteiger partial charge in [0.05, 0.1) is 12.6 Å². The number of carbonyl (C=O) groups is 3. The van der Waals surface area contributed by atoms with Crippen molar-refractivity contribution in [3.8, 4) is 0 Å². The summed E-state index contributed by atoms with van der Waals surface area (Å²) in [5, 5.41) is 3.11. The van der Waals surface area contributed by atoms with E-state index in [0.29, 0.717) is 11.3 Å². The predicted octanol–water partition coefficient (Wildman–Crippen LogP) is 6.82. The van der Waals surface area contributed by atoms with E-state index in [2.05, 4.69) is 15.0 Å². The van der Waals surface area contributed by atoms with Crippen LogP contribution in [-0.4, -0.2) is 64.5 Å². The van der Waals surface area contributed by atoms with Gasteiger partial charge in [-0.05, 0) is 62.8 Å². The number of carbonyl (C=O) groups excluding carboxylic acids is 3. The number of anilines is 1. The quantitative estimate of drug-likeness (QED) is 0.355. The van der Waals surface area contributed by atoms with Crippen molar-refractivity contribution in [1.29, 1.82) is 0 Å². The van der Waals surface area contributed by atoms with Crippen LogP contribution in [0.4, 0.5) is 23.7 Å². The number of ether oxygens (including phenoxy) is 2. The number of hydrogen-bond donors (Lipinski definition) is 1. The number of nitrogens with zero attached hydrogens (tertiary/aromatic N) is 3. The molecule has 1 N–H and O–H groups in total. The molecule has 1 unspecified atom stereocenters. The van der Waals surface area contributed by atoms with Gasteiger partial charge in [-0.1, -0.05) is 58.2 Å². The highest BCUT2D eigenvalue weighted by atomic mass is 19.4. The van der Waals surface area contributed by atoms with Crippen molar-refractivity contribution >= 4 is 23.6 Å². The van der Waals surface area contributed by atoms with Crippen molar-refractivity contribution in [1.82, 2.24) is 15.2 Å². The molecular weight excluding hydrogens is 601 g/mol. The SMILES string of the molecule is CC(C)(C)OC(=O)N1C[C@H](OC(F)(F)F)C[C@@H]1C(=O)N(c1ccc(C(C)(C)C)cc1)C(C(=O)NC1CCCCC1)c1cccnc1. The second kappa shape index (κ2) is 14.0. The van der Waals surface area contributed by atoms with Crippen LogP contribution in [0.2, 0.25) is 0 Å². The Morgan fingerprint density at radius 2 is 1.63 bits per heavy atom. The molecular formula is C34H45F3N4O5. The van der Waals surface area contributed by atoms with Crippen molar-refractivity contribution in [3.05, 3.63) is 59.9 Å². The summed E-state index contributed by atoms with van der Waals surface area (Å²) < 4.78 is 49.9. The molecule has 12 heteroatoms. The number of alkyl halides is 3. The van der Waals surface area contributed by atoms with Crippen molar-refractivity contribution < 1.29 is 37.0 Å². The monoisotopic (exact) mass is 646 g/mol. The fourth-order valence-corrected chi connectivity index (χ4v) is 6.00. The zero-order valence-electron chi connectivity index (χ0n) is 27.4. The lowest BCUT2D eigenvalue weighted by Gasteiger charge is -2.36. The van der Waals surface area contributed by atoms with Crippen LogP contribution in [0.25, 0.3) is 0 Å². The number of pyridine rings is 1. The van der Waals surface area contributed by atoms with Crippen molar-refractivity contribution in [2.75, 3.05) is 11.4 Å². The van der Waals surface area contributed by atoms with E-state index in [1.807, 2.05) is 32.9 Å². The summed E-state index contributed by atoms with van der Waals surface area (Å²) in [6.07, 6.45) is -0.259. The molecule has 3 atom stereocenters. The third-order valence-corrected chi connectivity index (χ3v) is 8.18. The van der Waals surface area contributed by atoms with Crippen LogP contribution in [0.15, 0.2) is 48.8 Å². The van der Waals surface area contributed by atoms with Crippen LogP contribution in [0.1, 0.15) is 97.2 Å².